The minimum Gasteiger partial charge on any atom is -0.467 e. The van der Waals surface area contributed by atoms with Gasteiger partial charge < -0.3 is 14.3 Å². The number of β-amino-alcohol motifs (C(OH)–C–C–N with tert-alkyl or cyclic N) is 1. The Bertz CT molecular complexity index is 360. The Morgan fingerprint density at radius 2 is 2.60 bits per heavy atom. The highest BCUT2D eigenvalue weighted by molar-refractivity contribution is 5.68. The predicted molar refractivity (Wildman–Crippen MR) is 51.1 cm³/mol. The van der Waals surface area contributed by atoms with Gasteiger partial charge in [-0.05, 0) is 13.0 Å². The van der Waals surface area contributed by atoms with Gasteiger partial charge in [0.05, 0.1) is 26.0 Å². The van der Waals surface area contributed by atoms with Gasteiger partial charge in [-0.15, -0.1) is 0 Å². The molecule has 82 valence electrons. The van der Waals surface area contributed by atoms with E-state index in [2.05, 4.69) is 0 Å². The molecular formula is C10H13NO4. The van der Waals surface area contributed by atoms with Crippen molar-refractivity contribution in [3.05, 3.63) is 23.7 Å². The average Bonchev–Trinajstić information content (AvgIpc) is 2.66. The van der Waals surface area contributed by atoms with Crippen LogP contribution < -0.4 is 0 Å². The first-order valence-electron chi connectivity index (χ1n) is 4.88. The standard InChI is InChI=1S/C10H13NO4/c1-2-14-10(13)11-5-8(12)7-3-4-15-9(7)6-11/h3-4,8,12H,2,5-6H2,1H3. The summed E-state index contributed by atoms with van der Waals surface area (Å²) in [5.41, 5.74) is 0.760. The van der Waals surface area contributed by atoms with Crippen LogP contribution in [0.5, 0.6) is 0 Å². The molecule has 0 spiro atoms. The van der Waals surface area contributed by atoms with Crippen molar-refractivity contribution >= 4 is 6.09 Å². The normalized spacial score (nSPS) is 19.9. The van der Waals surface area contributed by atoms with Crippen LogP contribution in [0.1, 0.15) is 24.4 Å². The lowest BCUT2D eigenvalue weighted by Crippen LogP contribution is -2.38. The fraction of sp³-hybridized carbons (Fsp3) is 0.500. The van der Waals surface area contributed by atoms with Crippen LogP contribution in [0.2, 0.25) is 0 Å². The average molecular weight is 211 g/mol. The van der Waals surface area contributed by atoms with Crippen molar-refractivity contribution in [2.24, 2.45) is 0 Å². The van der Waals surface area contributed by atoms with E-state index in [-0.39, 0.29) is 6.54 Å². The van der Waals surface area contributed by atoms with Crippen LogP contribution in [0.25, 0.3) is 0 Å². The second-order valence-corrected chi connectivity index (χ2v) is 3.39. The summed E-state index contributed by atoms with van der Waals surface area (Å²) >= 11 is 0. The van der Waals surface area contributed by atoms with Gasteiger partial charge in [0.15, 0.2) is 0 Å². The molecule has 0 bridgehead atoms. The number of carbonyl (C=O) groups excluding carboxylic acids is 1. The number of fused-ring (bicyclic) bond motifs is 1. The number of aliphatic hydroxyl groups excluding tert-OH is 1. The smallest absolute Gasteiger partial charge is 0.410 e. The first-order chi connectivity index (χ1) is 7.22. The van der Waals surface area contributed by atoms with Crippen molar-refractivity contribution in [1.29, 1.82) is 0 Å². The maximum absolute atomic E-state index is 11.4. The van der Waals surface area contributed by atoms with Gasteiger partial charge in [-0.25, -0.2) is 4.79 Å². The maximum Gasteiger partial charge on any atom is 0.410 e. The van der Waals surface area contributed by atoms with E-state index in [4.69, 9.17) is 9.15 Å². The molecular weight excluding hydrogens is 198 g/mol. The number of amides is 1. The lowest BCUT2D eigenvalue weighted by Gasteiger charge is -2.28. The van der Waals surface area contributed by atoms with E-state index in [9.17, 15) is 9.90 Å². The first kappa shape index (κ1) is 10.0. The van der Waals surface area contributed by atoms with Gasteiger partial charge in [0, 0.05) is 5.56 Å². The molecule has 0 aliphatic carbocycles. The van der Waals surface area contributed by atoms with E-state index in [1.165, 1.54) is 11.2 Å². The molecule has 1 atom stereocenters. The van der Waals surface area contributed by atoms with Gasteiger partial charge in [-0.2, -0.15) is 0 Å². The highest BCUT2D eigenvalue weighted by Gasteiger charge is 2.29. The number of hydrogen-bond donors (Lipinski definition) is 1. The van der Waals surface area contributed by atoms with Gasteiger partial charge in [0.2, 0.25) is 0 Å². The molecule has 15 heavy (non-hydrogen) atoms. The molecule has 1 N–H and O–H groups in total. The Hall–Kier alpha value is -1.49. The van der Waals surface area contributed by atoms with Crippen LogP contribution in [0.4, 0.5) is 4.79 Å². The predicted octanol–water partition coefficient (Wildman–Crippen LogP) is 1.29. The molecule has 2 rings (SSSR count). The Balaban J connectivity index is 2.12. The third-order valence-corrected chi connectivity index (χ3v) is 2.39. The fourth-order valence-electron chi connectivity index (χ4n) is 1.67. The fourth-order valence-corrected chi connectivity index (χ4v) is 1.67. The van der Waals surface area contributed by atoms with Crippen LogP contribution in [0.15, 0.2) is 16.7 Å². The third kappa shape index (κ3) is 1.83. The summed E-state index contributed by atoms with van der Waals surface area (Å²) in [5, 5.41) is 9.73. The number of aliphatic hydroxyl groups is 1. The Morgan fingerprint density at radius 3 is 3.33 bits per heavy atom. The van der Waals surface area contributed by atoms with Crippen LogP contribution in [0, 0.1) is 0 Å². The number of nitrogens with zero attached hydrogens (tertiary/aromatic N) is 1. The summed E-state index contributed by atoms with van der Waals surface area (Å²) in [6.07, 6.45) is 0.415. The molecule has 0 saturated carbocycles. The summed E-state index contributed by atoms with van der Waals surface area (Å²) < 4.78 is 10.0. The SMILES string of the molecule is CCOC(=O)N1Cc2occc2C(O)C1. The first-order valence-corrected chi connectivity index (χ1v) is 4.88. The van der Waals surface area contributed by atoms with Crippen LogP contribution in [-0.4, -0.2) is 29.3 Å². The van der Waals surface area contributed by atoms with E-state index in [0.717, 1.165) is 5.56 Å². The molecule has 2 heterocycles. The van der Waals surface area contributed by atoms with Crippen LogP contribution in [-0.2, 0) is 11.3 Å². The lowest BCUT2D eigenvalue weighted by atomic mass is 10.1. The van der Waals surface area contributed by atoms with Gasteiger partial charge in [-0.3, -0.25) is 4.90 Å². The Morgan fingerprint density at radius 1 is 1.80 bits per heavy atom. The molecule has 1 amide bonds. The Labute approximate surface area is 87.2 Å². The molecule has 1 aromatic rings. The zero-order valence-electron chi connectivity index (χ0n) is 8.47. The molecule has 0 fully saturated rings. The topological polar surface area (TPSA) is 62.9 Å². The third-order valence-electron chi connectivity index (χ3n) is 2.39. The van der Waals surface area contributed by atoms with E-state index in [1.807, 2.05) is 0 Å². The maximum atomic E-state index is 11.4. The largest absolute Gasteiger partial charge is 0.467 e. The summed E-state index contributed by atoms with van der Waals surface area (Å²) in [6.45, 7) is 2.69. The quantitative estimate of drug-likeness (QED) is 0.760. The van der Waals surface area contributed by atoms with Gasteiger partial charge in [0.25, 0.3) is 0 Å². The van der Waals surface area contributed by atoms with Crippen molar-refractivity contribution in [3.8, 4) is 0 Å². The molecule has 1 aliphatic rings. The number of rotatable bonds is 1. The summed E-state index contributed by atoms with van der Waals surface area (Å²) in [6, 6.07) is 1.72. The van der Waals surface area contributed by atoms with Crippen molar-refractivity contribution in [2.45, 2.75) is 19.6 Å². The number of hydrogen-bond acceptors (Lipinski definition) is 4. The van der Waals surface area contributed by atoms with Gasteiger partial charge in [0.1, 0.15) is 11.9 Å². The van der Waals surface area contributed by atoms with Crippen LogP contribution in [0.3, 0.4) is 0 Å². The highest BCUT2D eigenvalue weighted by atomic mass is 16.6. The van der Waals surface area contributed by atoms with Gasteiger partial charge in [-0.1, -0.05) is 0 Å². The second-order valence-electron chi connectivity index (χ2n) is 3.39. The second kappa shape index (κ2) is 3.94. The van der Waals surface area contributed by atoms with E-state index in [1.54, 1.807) is 13.0 Å². The highest BCUT2D eigenvalue weighted by Crippen LogP contribution is 2.27. The molecule has 1 aliphatic heterocycles. The minimum absolute atomic E-state index is 0.255. The number of furan rings is 1. The summed E-state index contributed by atoms with van der Waals surface area (Å²) in [7, 11) is 0. The Kier molecular flexibility index (Phi) is 2.64. The minimum atomic E-state index is -0.683. The molecule has 5 nitrogen and oxygen atoms in total. The van der Waals surface area contributed by atoms with Gasteiger partial charge >= 0.3 is 6.09 Å². The summed E-state index contributed by atoms with van der Waals surface area (Å²) in [4.78, 5) is 12.9. The zero-order valence-corrected chi connectivity index (χ0v) is 8.47. The van der Waals surface area contributed by atoms with Crippen molar-refractivity contribution in [2.75, 3.05) is 13.2 Å². The molecule has 0 aromatic carbocycles. The van der Waals surface area contributed by atoms with Crippen molar-refractivity contribution < 1.29 is 19.1 Å². The number of ether oxygens (including phenoxy) is 1. The lowest BCUT2D eigenvalue weighted by molar-refractivity contribution is 0.0583. The molecule has 0 radical (unpaired) electrons. The molecule has 0 saturated heterocycles. The summed E-state index contributed by atoms with van der Waals surface area (Å²) in [5.74, 6) is 0.627. The molecule has 1 aromatic heterocycles. The van der Waals surface area contributed by atoms with E-state index < -0.39 is 12.2 Å². The molecule has 1 unspecified atom stereocenters. The molecule has 5 heteroatoms. The van der Waals surface area contributed by atoms with E-state index in [0.29, 0.717) is 18.9 Å². The van der Waals surface area contributed by atoms with E-state index >= 15 is 0 Å². The van der Waals surface area contributed by atoms with Crippen molar-refractivity contribution in [1.82, 2.24) is 4.90 Å². The zero-order chi connectivity index (χ0) is 10.8. The number of carbonyl (C=O) groups is 1. The van der Waals surface area contributed by atoms with Crippen LogP contribution >= 0.6 is 0 Å². The van der Waals surface area contributed by atoms with Crippen molar-refractivity contribution in [3.63, 3.8) is 0 Å². The monoisotopic (exact) mass is 211 g/mol.